The fraction of sp³-hybridized carbons (Fsp3) is 0.800. The standard InChI is InChI=1S/C8H14O2.C2H3ClO/c1-10-8(9)7-5-3-2-4-6-7;3-1-2-4/h7H,2-6H2,1H3;2H,1H2. The van der Waals surface area contributed by atoms with Crippen LogP contribution < -0.4 is 0 Å². The highest BCUT2D eigenvalue weighted by molar-refractivity contribution is 6.24. The third-order valence-corrected chi connectivity index (χ3v) is 2.33. The topological polar surface area (TPSA) is 43.4 Å². The first-order valence-corrected chi connectivity index (χ1v) is 5.37. The Bertz CT molecular complexity index is 165. The number of halogens is 1. The molecule has 0 aromatic heterocycles. The van der Waals surface area contributed by atoms with Crippen molar-refractivity contribution in [2.45, 2.75) is 32.1 Å². The zero-order valence-corrected chi connectivity index (χ0v) is 9.26. The Morgan fingerprint density at radius 1 is 1.43 bits per heavy atom. The van der Waals surface area contributed by atoms with E-state index in [0.29, 0.717) is 6.29 Å². The SMILES string of the molecule is COC(=O)C1CCCCC1.O=CCCl. The smallest absolute Gasteiger partial charge is 0.308 e. The van der Waals surface area contributed by atoms with Crippen LogP contribution in [0.3, 0.4) is 0 Å². The molecule has 14 heavy (non-hydrogen) atoms. The van der Waals surface area contributed by atoms with Crippen LogP contribution in [0.4, 0.5) is 0 Å². The maximum absolute atomic E-state index is 10.9. The lowest BCUT2D eigenvalue weighted by molar-refractivity contribution is -0.146. The van der Waals surface area contributed by atoms with Gasteiger partial charge in [0.2, 0.25) is 0 Å². The van der Waals surface area contributed by atoms with Crippen LogP contribution in [-0.4, -0.2) is 25.2 Å². The maximum atomic E-state index is 10.9. The molecule has 4 heteroatoms. The van der Waals surface area contributed by atoms with Crippen LogP contribution in [-0.2, 0) is 14.3 Å². The van der Waals surface area contributed by atoms with Gasteiger partial charge in [-0.2, -0.15) is 0 Å². The van der Waals surface area contributed by atoms with Crippen molar-refractivity contribution >= 4 is 23.9 Å². The molecule has 1 rings (SSSR count). The quantitative estimate of drug-likeness (QED) is 0.407. The second-order valence-corrected chi connectivity index (χ2v) is 3.49. The first-order valence-electron chi connectivity index (χ1n) is 4.83. The molecule has 0 radical (unpaired) electrons. The third kappa shape index (κ3) is 5.97. The minimum Gasteiger partial charge on any atom is -0.469 e. The molecule has 0 aromatic rings. The van der Waals surface area contributed by atoms with Gasteiger partial charge in [-0.25, -0.2) is 0 Å². The van der Waals surface area contributed by atoms with Crippen LogP contribution >= 0.6 is 11.6 Å². The van der Waals surface area contributed by atoms with Crippen molar-refractivity contribution in [1.29, 1.82) is 0 Å². The molecule has 1 aliphatic carbocycles. The molecule has 3 nitrogen and oxygen atoms in total. The van der Waals surface area contributed by atoms with E-state index in [1.807, 2.05) is 0 Å². The zero-order chi connectivity index (χ0) is 10.8. The molecular formula is C10H17ClO3. The lowest BCUT2D eigenvalue weighted by atomic mass is 9.89. The molecule has 0 unspecified atom stereocenters. The molecule has 0 saturated heterocycles. The fourth-order valence-electron chi connectivity index (χ4n) is 1.50. The summed E-state index contributed by atoms with van der Waals surface area (Å²) in [6.07, 6.45) is 6.38. The predicted octanol–water partition coefficient (Wildman–Crippen LogP) is 2.16. The summed E-state index contributed by atoms with van der Waals surface area (Å²) in [5, 5.41) is 0. The highest BCUT2D eigenvalue weighted by Crippen LogP contribution is 2.24. The summed E-state index contributed by atoms with van der Waals surface area (Å²) in [5.41, 5.74) is 0. The second-order valence-electron chi connectivity index (χ2n) is 3.18. The van der Waals surface area contributed by atoms with Gasteiger partial charge in [0.1, 0.15) is 6.29 Å². The van der Waals surface area contributed by atoms with Crippen molar-refractivity contribution in [3.63, 3.8) is 0 Å². The van der Waals surface area contributed by atoms with Crippen LogP contribution in [0.5, 0.6) is 0 Å². The molecule has 0 aliphatic heterocycles. The molecule has 0 aromatic carbocycles. The van der Waals surface area contributed by atoms with Crippen molar-refractivity contribution in [3.05, 3.63) is 0 Å². The molecule has 0 heterocycles. The van der Waals surface area contributed by atoms with E-state index < -0.39 is 0 Å². The van der Waals surface area contributed by atoms with E-state index in [9.17, 15) is 4.79 Å². The summed E-state index contributed by atoms with van der Waals surface area (Å²) >= 11 is 4.82. The average molecular weight is 221 g/mol. The van der Waals surface area contributed by atoms with E-state index in [1.165, 1.54) is 26.4 Å². The van der Waals surface area contributed by atoms with E-state index in [-0.39, 0.29) is 17.8 Å². The highest BCUT2D eigenvalue weighted by Gasteiger charge is 2.20. The average Bonchev–Trinajstić information content (AvgIpc) is 2.29. The van der Waals surface area contributed by atoms with Crippen LogP contribution in [0.2, 0.25) is 0 Å². The number of carbonyl (C=O) groups excluding carboxylic acids is 2. The molecule has 0 N–H and O–H groups in total. The summed E-state index contributed by atoms with van der Waals surface area (Å²) in [6, 6.07) is 0. The van der Waals surface area contributed by atoms with Crippen LogP contribution in [0, 0.1) is 5.92 Å². The maximum Gasteiger partial charge on any atom is 0.308 e. The number of esters is 1. The van der Waals surface area contributed by atoms with Gasteiger partial charge in [0, 0.05) is 0 Å². The molecule has 0 atom stereocenters. The molecule has 1 fully saturated rings. The Labute approximate surface area is 89.8 Å². The summed E-state index contributed by atoms with van der Waals surface area (Å²) in [4.78, 5) is 20.0. The van der Waals surface area contributed by atoms with E-state index in [2.05, 4.69) is 4.74 Å². The molecule has 1 aliphatic rings. The molecule has 0 bridgehead atoms. The molecule has 0 amide bonds. The van der Waals surface area contributed by atoms with E-state index >= 15 is 0 Å². The number of alkyl halides is 1. The highest BCUT2D eigenvalue weighted by atomic mass is 35.5. The predicted molar refractivity (Wildman–Crippen MR) is 55.4 cm³/mol. The van der Waals surface area contributed by atoms with Crippen LogP contribution in [0.25, 0.3) is 0 Å². The Hall–Kier alpha value is -0.570. The Morgan fingerprint density at radius 2 is 1.93 bits per heavy atom. The first kappa shape index (κ1) is 13.4. The number of hydrogen-bond donors (Lipinski definition) is 0. The van der Waals surface area contributed by atoms with Gasteiger partial charge in [0.05, 0.1) is 18.9 Å². The molecule has 1 saturated carbocycles. The Morgan fingerprint density at radius 3 is 2.29 bits per heavy atom. The number of hydrogen-bond acceptors (Lipinski definition) is 3. The number of methoxy groups -OCH3 is 1. The first-order chi connectivity index (χ1) is 6.76. The largest absolute Gasteiger partial charge is 0.469 e. The van der Waals surface area contributed by atoms with E-state index in [1.54, 1.807) is 0 Å². The van der Waals surface area contributed by atoms with E-state index in [4.69, 9.17) is 16.4 Å². The molecule has 82 valence electrons. The number of aldehydes is 1. The van der Waals surface area contributed by atoms with Gasteiger partial charge < -0.3 is 9.53 Å². The summed E-state index contributed by atoms with van der Waals surface area (Å²) in [5.74, 6) is 0.304. The zero-order valence-electron chi connectivity index (χ0n) is 8.50. The normalized spacial score (nSPS) is 16.4. The van der Waals surface area contributed by atoms with Gasteiger partial charge >= 0.3 is 5.97 Å². The van der Waals surface area contributed by atoms with Crippen molar-refractivity contribution in [1.82, 2.24) is 0 Å². The molecule has 0 spiro atoms. The minimum atomic E-state index is -0.0142. The third-order valence-electron chi connectivity index (χ3n) is 2.20. The monoisotopic (exact) mass is 220 g/mol. The van der Waals surface area contributed by atoms with Gasteiger partial charge in [-0.3, -0.25) is 4.79 Å². The van der Waals surface area contributed by atoms with Gasteiger partial charge in [0.25, 0.3) is 0 Å². The summed E-state index contributed by atoms with van der Waals surface area (Å²) in [7, 11) is 1.47. The van der Waals surface area contributed by atoms with Crippen LogP contribution in [0.1, 0.15) is 32.1 Å². The summed E-state index contributed by atoms with van der Waals surface area (Å²) in [6.45, 7) is 0. The van der Waals surface area contributed by atoms with Crippen LogP contribution in [0.15, 0.2) is 0 Å². The van der Waals surface area contributed by atoms with Crippen molar-refractivity contribution in [2.75, 3.05) is 13.0 Å². The fourth-order valence-corrected chi connectivity index (χ4v) is 1.50. The minimum absolute atomic E-state index is 0.0142. The Balaban J connectivity index is 0.000000364. The lowest BCUT2D eigenvalue weighted by Gasteiger charge is -2.18. The van der Waals surface area contributed by atoms with Crippen molar-refractivity contribution in [2.24, 2.45) is 5.92 Å². The Kier molecular flexibility index (Phi) is 8.64. The second kappa shape index (κ2) is 9.00. The lowest BCUT2D eigenvalue weighted by Crippen LogP contribution is -2.18. The van der Waals surface area contributed by atoms with Crippen molar-refractivity contribution in [3.8, 4) is 0 Å². The van der Waals surface area contributed by atoms with Gasteiger partial charge in [-0.1, -0.05) is 19.3 Å². The molecular weight excluding hydrogens is 204 g/mol. The van der Waals surface area contributed by atoms with E-state index in [0.717, 1.165) is 12.8 Å². The van der Waals surface area contributed by atoms with Crippen molar-refractivity contribution < 1.29 is 14.3 Å². The number of ether oxygens (including phenoxy) is 1. The summed E-state index contributed by atoms with van der Waals surface area (Å²) < 4.78 is 4.65. The van der Waals surface area contributed by atoms with Gasteiger partial charge in [-0.05, 0) is 12.8 Å². The number of rotatable bonds is 2. The number of carbonyl (C=O) groups is 2. The van der Waals surface area contributed by atoms with Gasteiger partial charge in [-0.15, -0.1) is 11.6 Å². The van der Waals surface area contributed by atoms with Gasteiger partial charge in [0.15, 0.2) is 0 Å².